The van der Waals surface area contributed by atoms with Crippen molar-refractivity contribution in [1.29, 1.82) is 0 Å². The topological polar surface area (TPSA) is 0 Å². The van der Waals surface area contributed by atoms with Crippen LogP contribution >= 0.6 is 31.9 Å². The molecule has 0 aliphatic carbocycles. The Kier molecular flexibility index (Phi) is 3.82. The quantitative estimate of drug-likeness (QED) is 0.656. The lowest BCUT2D eigenvalue weighted by Gasteiger charge is -2.14. The van der Waals surface area contributed by atoms with Crippen LogP contribution in [-0.4, -0.2) is 0 Å². The van der Waals surface area contributed by atoms with Crippen LogP contribution in [0.15, 0.2) is 53.0 Å². The van der Waals surface area contributed by atoms with E-state index in [4.69, 9.17) is 0 Å². The van der Waals surface area contributed by atoms with Crippen LogP contribution in [0.4, 0.5) is 0 Å². The molecule has 0 radical (unpaired) electrons. The van der Waals surface area contributed by atoms with Crippen molar-refractivity contribution in [3.8, 4) is 0 Å². The maximum Gasteiger partial charge on any atom is 0.0655 e. The van der Waals surface area contributed by atoms with Crippen LogP contribution in [0.1, 0.15) is 21.5 Å². The highest BCUT2D eigenvalue weighted by molar-refractivity contribution is 9.11. The van der Waals surface area contributed by atoms with Crippen LogP contribution in [0.3, 0.4) is 0 Å². The van der Waals surface area contributed by atoms with E-state index in [0.29, 0.717) is 0 Å². The van der Waals surface area contributed by atoms with Gasteiger partial charge in [-0.15, -0.1) is 0 Å². The van der Waals surface area contributed by atoms with E-state index in [1.165, 1.54) is 21.2 Å². The van der Waals surface area contributed by atoms with Crippen molar-refractivity contribution in [2.45, 2.75) is 11.8 Å². The molecule has 0 saturated carbocycles. The van der Waals surface area contributed by atoms with Gasteiger partial charge in [0.05, 0.1) is 4.83 Å². The third-order valence-corrected chi connectivity index (χ3v) is 4.69. The van der Waals surface area contributed by atoms with Gasteiger partial charge in [0, 0.05) is 4.47 Å². The van der Waals surface area contributed by atoms with E-state index in [1.807, 2.05) is 6.07 Å². The molecule has 0 aliphatic heterocycles. The maximum atomic E-state index is 3.75. The van der Waals surface area contributed by atoms with Gasteiger partial charge in [0.15, 0.2) is 0 Å². The minimum Gasteiger partial charge on any atom is -0.0786 e. The molecule has 1 atom stereocenters. The van der Waals surface area contributed by atoms with E-state index in [0.717, 1.165) is 0 Å². The second-order valence-electron chi connectivity index (χ2n) is 3.75. The molecule has 0 bridgehead atoms. The number of rotatable bonds is 2. The Morgan fingerprint density at radius 1 is 0.938 bits per heavy atom. The summed E-state index contributed by atoms with van der Waals surface area (Å²) >= 11 is 7.40. The van der Waals surface area contributed by atoms with Gasteiger partial charge < -0.3 is 0 Å². The van der Waals surface area contributed by atoms with Crippen LogP contribution in [0, 0.1) is 6.92 Å². The number of aryl methyl sites for hydroxylation is 1. The largest absolute Gasteiger partial charge is 0.0786 e. The van der Waals surface area contributed by atoms with E-state index in [2.05, 4.69) is 81.2 Å². The lowest BCUT2D eigenvalue weighted by atomic mass is 10.0. The molecule has 2 aromatic rings. The Morgan fingerprint density at radius 3 is 2.31 bits per heavy atom. The van der Waals surface area contributed by atoms with Gasteiger partial charge in [-0.2, -0.15) is 0 Å². The fourth-order valence-corrected chi connectivity index (χ4v) is 3.15. The van der Waals surface area contributed by atoms with E-state index in [9.17, 15) is 0 Å². The fraction of sp³-hybridized carbons (Fsp3) is 0.143. The summed E-state index contributed by atoms with van der Waals surface area (Å²) < 4.78 is 1.18. The molecule has 16 heavy (non-hydrogen) atoms. The highest BCUT2D eigenvalue weighted by atomic mass is 79.9. The van der Waals surface area contributed by atoms with E-state index in [1.54, 1.807) is 0 Å². The van der Waals surface area contributed by atoms with Crippen molar-refractivity contribution in [3.63, 3.8) is 0 Å². The highest BCUT2D eigenvalue weighted by Crippen LogP contribution is 2.36. The molecule has 0 aromatic heterocycles. The van der Waals surface area contributed by atoms with Crippen LogP contribution in [0.2, 0.25) is 0 Å². The number of alkyl halides is 1. The molecule has 0 nitrogen and oxygen atoms in total. The molecule has 1 unspecified atom stereocenters. The second kappa shape index (κ2) is 5.15. The Morgan fingerprint density at radius 2 is 1.62 bits per heavy atom. The minimum absolute atomic E-state index is 0.239. The molecule has 0 spiro atoms. The first-order valence-electron chi connectivity index (χ1n) is 5.14. The van der Waals surface area contributed by atoms with Crippen molar-refractivity contribution in [2.24, 2.45) is 0 Å². The van der Waals surface area contributed by atoms with Crippen LogP contribution in [-0.2, 0) is 0 Å². The first-order valence-corrected chi connectivity index (χ1v) is 6.85. The predicted octanol–water partition coefficient (Wildman–Crippen LogP) is 5.24. The number of benzene rings is 2. The normalized spacial score (nSPS) is 12.4. The summed E-state index contributed by atoms with van der Waals surface area (Å²) in [7, 11) is 0. The first kappa shape index (κ1) is 11.9. The van der Waals surface area contributed by atoms with Crippen LogP contribution in [0.25, 0.3) is 0 Å². The summed E-state index contributed by atoms with van der Waals surface area (Å²) in [4.78, 5) is 0.239. The Bertz CT molecular complexity index is 477. The van der Waals surface area contributed by atoms with E-state index in [-0.39, 0.29) is 4.83 Å². The molecule has 0 heterocycles. The summed E-state index contributed by atoms with van der Waals surface area (Å²) in [6, 6.07) is 16.8. The summed E-state index contributed by atoms with van der Waals surface area (Å²) in [5.41, 5.74) is 3.80. The zero-order valence-corrected chi connectivity index (χ0v) is 12.1. The molecular formula is C14H12Br2. The van der Waals surface area contributed by atoms with Gasteiger partial charge in [0.25, 0.3) is 0 Å². The van der Waals surface area contributed by atoms with Crippen molar-refractivity contribution < 1.29 is 0 Å². The standard InChI is InChI=1S/C14H12Br2/c1-10-6-5-9-12(13(10)15)14(16)11-7-3-2-4-8-11/h2-9,14H,1H3. The lowest BCUT2D eigenvalue weighted by Crippen LogP contribution is -1.94. The van der Waals surface area contributed by atoms with Crippen LogP contribution < -0.4 is 0 Å². The zero-order chi connectivity index (χ0) is 11.5. The van der Waals surface area contributed by atoms with Crippen molar-refractivity contribution in [3.05, 3.63) is 69.7 Å². The van der Waals surface area contributed by atoms with Gasteiger partial charge in [-0.1, -0.05) is 80.4 Å². The third kappa shape index (κ3) is 2.38. The summed E-state index contributed by atoms with van der Waals surface area (Å²) in [5.74, 6) is 0. The van der Waals surface area contributed by atoms with Crippen molar-refractivity contribution >= 4 is 31.9 Å². The lowest BCUT2D eigenvalue weighted by molar-refractivity contribution is 1.15. The van der Waals surface area contributed by atoms with Gasteiger partial charge in [0.1, 0.15) is 0 Å². The number of hydrogen-bond acceptors (Lipinski definition) is 0. The van der Waals surface area contributed by atoms with Gasteiger partial charge in [0.2, 0.25) is 0 Å². The second-order valence-corrected chi connectivity index (χ2v) is 5.46. The molecule has 2 aromatic carbocycles. The smallest absolute Gasteiger partial charge is 0.0655 e. The molecule has 0 N–H and O–H groups in total. The Hall–Kier alpha value is -0.600. The molecule has 2 heteroatoms. The summed E-state index contributed by atoms with van der Waals surface area (Å²) in [6.45, 7) is 2.11. The zero-order valence-electron chi connectivity index (χ0n) is 8.95. The van der Waals surface area contributed by atoms with Gasteiger partial charge in [-0.05, 0) is 23.6 Å². The van der Waals surface area contributed by atoms with Crippen LogP contribution in [0.5, 0.6) is 0 Å². The summed E-state index contributed by atoms with van der Waals surface area (Å²) in [5, 5.41) is 0. The predicted molar refractivity (Wildman–Crippen MR) is 76.1 cm³/mol. The highest BCUT2D eigenvalue weighted by Gasteiger charge is 2.13. The molecule has 82 valence electrons. The molecule has 0 aliphatic rings. The van der Waals surface area contributed by atoms with E-state index < -0.39 is 0 Å². The molecule has 0 amide bonds. The van der Waals surface area contributed by atoms with Crippen molar-refractivity contribution in [1.82, 2.24) is 0 Å². The van der Waals surface area contributed by atoms with E-state index >= 15 is 0 Å². The first-order chi connectivity index (χ1) is 7.70. The molecule has 2 rings (SSSR count). The van der Waals surface area contributed by atoms with Gasteiger partial charge in [-0.3, -0.25) is 0 Å². The van der Waals surface area contributed by atoms with Crippen molar-refractivity contribution in [2.75, 3.05) is 0 Å². The molecule has 0 fully saturated rings. The minimum atomic E-state index is 0.239. The third-order valence-electron chi connectivity index (χ3n) is 2.59. The Labute approximate surface area is 113 Å². The number of hydrogen-bond donors (Lipinski definition) is 0. The van der Waals surface area contributed by atoms with Gasteiger partial charge >= 0.3 is 0 Å². The number of halogens is 2. The average molecular weight is 340 g/mol. The molecular weight excluding hydrogens is 328 g/mol. The van der Waals surface area contributed by atoms with Gasteiger partial charge in [-0.25, -0.2) is 0 Å². The monoisotopic (exact) mass is 338 g/mol. The summed E-state index contributed by atoms with van der Waals surface area (Å²) in [6.07, 6.45) is 0. The molecule has 0 saturated heterocycles. The maximum absolute atomic E-state index is 3.75. The Balaban J connectivity index is 2.42. The fourth-order valence-electron chi connectivity index (χ4n) is 1.67. The average Bonchev–Trinajstić information content (AvgIpc) is 2.33. The SMILES string of the molecule is Cc1cccc(C(Br)c2ccccc2)c1Br.